The highest BCUT2D eigenvalue weighted by Gasteiger charge is 2.27. The Kier molecular flexibility index (Phi) is 5.66. The van der Waals surface area contributed by atoms with E-state index in [2.05, 4.69) is 25.5 Å². The molecule has 25 heavy (non-hydrogen) atoms. The van der Waals surface area contributed by atoms with Crippen molar-refractivity contribution in [1.82, 2.24) is 20.6 Å². The van der Waals surface area contributed by atoms with Gasteiger partial charge in [0.1, 0.15) is 0 Å². The molecule has 1 aromatic heterocycles. The van der Waals surface area contributed by atoms with Crippen molar-refractivity contribution in [3.05, 3.63) is 48.3 Å². The van der Waals surface area contributed by atoms with Crippen molar-refractivity contribution in [2.75, 3.05) is 24.6 Å². The molecule has 1 fully saturated rings. The van der Waals surface area contributed by atoms with Crippen LogP contribution in [0.4, 0.5) is 10.6 Å². The first-order valence-electron chi connectivity index (χ1n) is 8.53. The molecule has 0 bridgehead atoms. The largest absolute Gasteiger partial charge is 0.475 e. The highest BCUT2D eigenvalue weighted by Crippen LogP contribution is 2.26. The number of nitrogens with zero attached hydrogens (tertiary/aromatic N) is 3. The molecule has 2 amide bonds. The van der Waals surface area contributed by atoms with E-state index < -0.39 is 0 Å². The van der Waals surface area contributed by atoms with E-state index in [0.717, 1.165) is 24.3 Å². The second-order valence-corrected chi connectivity index (χ2v) is 5.86. The Morgan fingerprint density at radius 1 is 1.28 bits per heavy atom. The number of urea groups is 1. The summed E-state index contributed by atoms with van der Waals surface area (Å²) in [5.74, 6) is 1.28. The molecule has 0 unspecified atom stereocenters. The second kappa shape index (κ2) is 8.32. The molecule has 7 heteroatoms. The van der Waals surface area contributed by atoms with Crippen LogP contribution < -0.4 is 20.3 Å². The molecule has 3 rings (SSSR count). The van der Waals surface area contributed by atoms with Crippen molar-refractivity contribution in [2.45, 2.75) is 25.9 Å². The Balaban J connectivity index is 1.50. The van der Waals surface area contributed by atoms with Crippen molar-refractivity contribution < 1.29 is 9.53 Å². The monoisotopic (exact) mass is 341 g/mol. The maximum Gasteiger partial charge on any atom is 0.315 e. The smallest absolute Gasteiger partial charge is 0.315 e. The third-order valence-corrected chi connectivity index (χ3v) is 4.05. The zero-order valence-corrected chi connectivity index (χ0v) is 14.3. The van der Waals surface area contributed by atoms with Gasteiger partial charge in [0.2, 0.25) is 0 Å². The SMILES string of the molecule is CCOc1nccnc1N1CC[C@H](NC(=O)NCc2ccccc2)C1. The van der Waals surface area contributed by atoms with Gasteiger partial charge in [0.25, 0.3) is 5.88 Å². The van der Waals surface area contributed by atoms with Crippen molar-refractivity contribution in [1.29, 1.82) is 0 Å². The number of hydrogen-bond acceptors (Lipinski definition) is 5. The summed E-state index contributed by atoms with van der Waals surface area (Å²) in [6.45, 7) is 4.48. The first-order valence-corrected chi connectivity index (χ1v) is 8.53. The molecule has 0 aliphatic carbocycles. The average molecular weight is 341 g/mol. The molecule has 0 saturated carbocycles. The number of benzene rings is 1. The molecule has 132 valence electrons. The molecule has 0 spiro atoms. The van der Waals surface area contributed by atoms with Gasteiger partial charge in [-0.3, -0.25) is 0 Å². The Morgan fingerprint density at radius 3 is 2.88 bits per heavy atom. The van der Waals surface area contributed by atoms with E-state index in [1.807, 2.05) is 37.3 Å². The van der Waals surface area contributed by atoms with E-state index in [1.165, 1.54) is 0 Å². The molecule has 2 aromatic rings. The van der Waals surface area contributed by atoms with Crippen molar-refractivity contribution in [3.63, 3.8) is 0 Å². The number of carbonyl (C=O) groups is 1. The number of amides is 2. The molecule has 0 radical (unpaired) electrons. The standard InChI is InChI=1S/C18H23N5O2/c1-2-25-17-16(19-9-10-20-17)23-11-8-15(13-23)22-18(24)21-12-14-6-4-3-5-7-14/h3-7,9-10,15H,2,8,11-13H2,1H3,(H2,21,22,24)/t15-/m0/s1. The van der Waals surface area contributed by atoms with Gasteiger partial charge in [-0.15, -0.1) is 0 Å². The van der Waals surface area contributed by atoms with E-state index in [0.29, 0.717) is 25.6 Å². The van der Waals surface area contributed by atoms with Gasteiger partial charge >= 0.3 is 6.03 Å². The summed E-state index contributed by atoms with van der Waals surface area (Å²) in [4.78, 5) is 22.8. The predicted octanol–water partition coefficient (Wildman–Crippen LogP) is 1.95. The molecule has 1 aromatic carbocycles. The van der Waals surface area contributed by atoms with E-state index in [9.17, 15) is 4.79 Å². The molecule has 1 aliphatic rings. The van der Waals surface area contributed by atoms with E-state index in [1.54, 1.807) is 12.4 Å². The molecular weight excluding hydrogens is 318 g/mol. The van der Waals surface area contributed by atoms with Crippen LogP contribution in [0.2, 0.25) is 0 Å². The maximum atomic E-state index is 12.1. The molecular formula is C18H23N5O2. The normalized spacial score (nSPS) is 16.5. The maximum absolute atomic E-state index is 12.1. The fourth-order valence-electron chi connectivity index (χ4n) is 2.86. The molecule has 7 nitrogen and oxygen atoms in total. The minimum Gasteiger partial charge on any atom is -0.475 e. The summed E-state index contributed by atoms with van der Waals surface area (Å²) in [6.07, 6.45) is 4.14. The third-order valence-electron chi connectivity index (χ3n) is 4.05. The molecule has 2 N–H and O–H groups in total. The van der Waals surface area contributed by atoms with Gasteiger partial charge in [0.05, 0.1) is 6.61 Å². The first-order chi connectivity index (χ1) is 12.3. The van der Waals surface area contributed by atoms with E-state index >= 15 is 0 Å². The molecule has 1 atom stereocenters. The van der Waals surface area contributed by atoms with Crippen LogP contribution >= 0.6 is 0 Å². The zero-order chi connectivity index (χ0) is 17.5. The van der Waals surface area contributed by atoms with Crippen LogP contribution in [0, 0.1) is 0 Å². The van der Waals surface area contributed by atoms with Gasteiger partial charge in [-0.1, -0.05) is 30.3 Å². The highest BCUT2D eigenvalue weighted by atomic mass is 16.5. The summed E-state index contributed by atoms with van der Waals surface area (Å²) in [7, 11) is 0. The van der Waals surface area contributed by atoms with Crippen molar-refractivity contribution >= 4 is 11.8 Å². The number of aromatic nitrogens is 2. The third kappa shape index (κ3) is 4.59. The number of anilines is 1. The lowest BCUT2D eigenvalue weighted by molar-refractivity contribution is 0.237. The van der Waals surface area contributed by atoms with Gasteiger partial charge < -0.3 is 20.3 Å². The quantitative estimate of drug-likeness (QED) is 0.840. The minimum absolute atomic E-state index is 0.0762. The van der Waals surface area contributed by atoms with Gasteiger partial charge in [-0.05, 0) is 18.9 Å². The number of hydrogen-bond donors (Lipinski definition) is 2. The summed E-state index contributed by atoms with van der Waals surface area (Å²) in [6, 6.07) is 9.77. The molecule has 1 aliphatic heterocycles. The molecule has 1 saturated heterocycles. The number of rotatable bonds is 6. The van der Waals surface area contributed by atoms with Crippen LogP contribution in [0.1, 0.15) is 18.9 Å². The van der Waals surface area contributed by atoms with Gasteiger partial charge in [0, 0.05) is 38.1 Å². The van der Waals surface area contributed by atoms with Gasteiger partial charge in [-0.25, -0.2) is 14.8 Å². The fraction of sp³-hybridized carbons (Fsp3) is 0.389. The highest BCUT2D eigenvalue weighted by molar-refractivity contribution is 5.74. The number of carbonyl (C=O) groups excluding carboxylic acids is 1. The first kappa shape index (κ1) is 17.0. The summed E-state index contributed by atoms with van der Waals surface area (Å²) in [5, 5.41) is 5.91. The van der Waals surface area contributed by atoms with E-state index in [4.69, 9.17) is 4.74 Å². The Hall–Kier alpha value is -2.83. The van der Waals surface area contributed by atoms with Crippen LogP contribution in [0.15, 0.2) is 42.7 Å². The predicted molar refractivity (Wildman–Crippen MR) is 95.6 cm³/mol. The number of ether oxygens (including phenoxy) is 1. The zero-order valence-electron chi connectivity index (χ0n) is 14.3. The van der Waals surface area contributed by atoms with Crippen LogP contribution in [-0.2, 0) is 6.54 Å². The van der Waals surface area contributed by atoms with Gasteiger partial charge in [-0.2, -0.15) is 0 Å². The van der Waals surface area contributed by atoms with Crippen molar-refractivity contribution in [2.24, 2.45) is 0 Å². The van der Waals surface area contributed by atoms with Crippen LogP contribution in [0.5, 0.6) is 5.88 Å². The molecule has 2 heterocycles. The van der Waals surface area contributed by atoms with E-state index in [-0.39, 0.29) is 12.1 Å². The second-order valence-electron chi connectivity index (χ2n) is 5.86. The Labute approximate surface area is 147 Å². The Morgan fingerprint density at radius 2 is 2.08 bits per heavy atom. The van der Waals surface area contributed by atoms with Gasteiger partial charge in [0.15, 0.2) is 5.82 Å². The van der Waals surface area contributed by atoms with Crippen molar-refractivity contribution in [3.8, 4) is 5.88 Å². The fourth-order valence-corrected chi connectivity index (χ4v) is 2.86. The number of nitrogens with one attached hydrogen (secondary N) is 2. The average Bonchev–Trinajstić information content (AvgIpc) is 3.10. The van der Waals surface area contributed by atoms with Crippen LogP contribution in [0.3, 0.4) is 0 Å². The summed E-state index contributed by atoms with van der Waals surface area (Å²) in [5.41, 5.74) is 1.08. The topological polar surface area (TPSA) is 79.4 Å². The lowest BCUT2D eigenvalue weighted by atomic mass is 10.2. The minimum atomic E-state index is -0.153. The van der Waals surface area contributed by atoms with Crippen LogP contribution in [0.25, 0.3) is 0 Å². The lowest BCUT2D eigenvalue weighted by Crippen LogP contribution is -2.43. The summed E-state index contributed by atoms with van der Waals surface area (Å²) >= 11 is 0. The Bertz CT molecular complexity index is 695. The lowest BCUT2D eigenvalue weighted by Gasteiger charge is -2.19. The van der Waals surface area contributed by atoms with Crippen LogP contribution in [-0.4, -0.2) is 41.7 Å². The summed E-state index contributed by atoms with van der Waals surface area (Å²) < 4.78 is 5.54.